The average Bonchev–Trinajstić information content (AvgIpc) is 2.25. The summed E-state index contributed by atoms with van der Waals surface area (Å²) in [6.07, 6.45) is 7.38. The normalized spacial score (nSPS) is 32.7. The molecular weight excluding hydrogens is 196 g/mol. The predicted octanol–water partition coefficient (Wildman–Crippen LogP) is 2.66. The van der Waals surface area contributed by atoms with Crippen LogP contribution in [0.4, 0.5) is 0 Å². The lowest BCUT2D eigenvalue weighted by Crippen LogP contribution is -2.55. The van der Waals surface area contributed by atoms with Gasteiger partial charge in [0.1, 0.15) is 0 Å². The Bertz CT molecular complexity index is 225. The van der Waals surface area contributed by atoms with Gasteiger partial charge in [-0.15, -0.1) is 6.58 Å². The highest BCUT2D eigenvalue weighted by molar-refractivity contribution is 4.96. The Morgan fingerprint density at radius 2 is 2.25 bits per heavy atom. The molecule has 0 heterocycles. The van der Waals surface area contributed by atoms with E-state index in [1.807, 2.05) is 6.08 Å². The third-order valence-corrected chi connectivity index (χ3v) is 4.12. The molecule has 1 fully saturated rings. The minimum Gasteiger partial charge on any atom is -0.309 e. The molecular formula is C14H28N2. The highest BCUT2D eigenvalue weighted by Gasteiger charge is 2.36. The molecule has 0 aromatic rings. The van der Waals surface area contributed by atoms with Crippen molar-refractivity contribution in [2.24, 2.45) is 5.92 Å². The van der Waals surface area contributed by atoms with Crippen LogP contribution in [0.15, 0.2) is 12.7 Å². The third-order valence-electron chi connectivity index (χ3n) is 4.12. The molecule has 3 unspecified atom stereocenters. The summed E-state index contributed by atoms with van der Waals surface area (Å²) in [5.41, 5.74) is 0.356. The second kappa shape index (κ2) is 5.83. The van der Waals surface area contributed by atoms with Crippen LogP contribution in [0.1, 0.15) is 39.5 Å². The van der Waals surface area contributed by atoms with Crippen molar-refractivity contribution < 1.29 is 0 Å². The first-order valence-corrected chi connectivity index (χ1v) is 6.53. The van der Waals surface area contributed by atoms with Crippen LogP contribution in [0, 0.1) is 5.92 Å². The molecule has 2 heteroatoms. The number of likely N-dealkylation sites (N-methyl/N-ethyl adjacent to an activating group) is 1. The smallest absolute Gasteiger partial charge is 0.0330 e. The number of hydrogen-bond donors (Lipinski definition) is 1. The van der Waals surface area contributed by atoms with Gasteiger partial charge in [0.25, 0.3) is 0 Å². The maximum Gasteiger partial charge on any atom is 0.0330 e. The van der Waals surface area contributed by atoms with Crippen LogP contribution in [-0.2, 0) is 0 Å². The quantitative estimate of drug-likeness (QED) is 0.722. The van der Waals surface area contributed by atoms with Gasteiger partial charge in [-0.2, -0.15) is 0 Å². The zero-order valence-corrected chi connectivity index (χ0v) is 11.4. The monoisotopic (exact) mass is 224 g/mol. The van der Waals surface area contributed by atoms with E-state index in [1.54, 1.807) is 0 Å². The lowest BCUT2D eigenvalue weighted by molar-refractivity contribution is 0.0741. The fourth-order valence-electron chi connectivity index (χ4n) is 2.79. The Morgan fingerprint density at radius 1 is 1.56 bits per heavy atom. The highest BCUT2D eigenvalue weighted by Crippen LogP contribution is 2.35. The van der Waals surface area contributed by atoms with Crippen molar-refractivity contribution in [1.29, 1.82) is 0 Å². The molecule has 0 radical (unpaired) electrons. The first-order chi connectivity index (χ1) is 7.50. The van der Waals surface area contributed by atoms with Crippen molar-refractivity contribution in [3.8, 4) is 0 Å². The van der Waals surface area contributed by atoms with E-state index in [0.29, 0.717) is 11.6 Å². The van der Waals surface area contributed by atoms with Crippen LogP contribution in [-0.4, -0.2) is 37.1 Å². The maximum absolute atomic E-state index is 3.83. The summed E-state index contributed by atoms with van der Waals surface area (Å²) in [4.78, 5) is 2.42. The van der Waals surface area contributed by atoms with E-state index < -0.39 is 0 Å². The Hall–Kier alpha value is -0.340. The minimum absolute atomic E-state index is 0.356. The van der Waals surface area contributed by atoms with Gasteiger partial charge in [-0.05, 0) is 39.8 Å². The van der Waals surface area contributed by atoms with Crippen molar-refractivity contribution in [2.75, 3.05) is 20.6 Å². The van der Waals surface area contributed by atoms with Gasteiger partial charge in [-0.1, -0.05) is 25.8 Å². The van der Waals surface area contributed by atoms with Crippen molar-refractivity contribution >= 4 is 0 Å². The van der Waals surface area contributed by atoms with E-state index >= 15 is 0 Å². The predicted molar refractivity (Wildman–Crippen MR) is 71.7 cm³/mol. The largest absolute Gasteiger partial charge is 0.309 e. The summed E-state index contributed by atoms with van der Waals surface area (Å²) in [6.45, 7) is 9.46. The molecule has 1 rings (SSSR count). The van der Waals surface area contributed by atoms with Crippen LogP contribution in [0.2, 0.25) is 0 Å². The molecule has 0 spiro atoms. The Morgan fingerprint density at radius 3 is 2.75 bits per heavy atom. The van der Waals surface area contributed by atoms with Gasteiger partial charge >= 0.3 is 0 Å². The summed E-state index contributed by atoms with van der Waals surface area (Å²) in [5.74, 6) is 0.858. The van der Waals surface area contributed by atoms with Gasteiger partial charge in [0.05, 0.1) is 0 Å². The number of nitrogens with one attached hydrogen (secondary N) is 1. The zero-order chi connectivity index (χ0) is 12.2. The standard InChI is InChI=1S/C14H28N2/c1-6-13(3)15-11-14(16(4)5)9-7-8-12(2)10-14/h6,12-13,15H,1,7-11H2,2-5H3. The van der Waals surface area contributed by atoms with E-state index in [2.05, 4.69) is 44.7 Å². The molecule has 2 nitrogen and oxygen atoms in total. The molecule has 0 aliphatic heterocycles. The van der Waals surface area contributed by atoms with Crippen molar-refractivity contribution in [3.63, 3.8) is 0 Å². The molecule has 1 aliphatic rings. The van der Waals surface area contributed by atoms with Crippen molar-refractivity contribution in [3.05, 3.63) is 12.7 Å². The van der Waals surface area contributed by atoms with Gasteiger partial charge in [-0.25, -0.2) is 0 Å². The van der Waals surface area contributed by atoms with Crippen molar-refractivity contribution in [1.82, 2.24) is 10.2 Å². The fourth-order valence-corrected chi connectivity index (χ4v) is 2.79. The summed E-state index contributed by atoms with van der Waals surface area (Å²) in [6, 6.07) is 0.411. The molecule has 1 aliphatic carbocycles. The molecule has 0 aromatic carbocycles. The van der Waals surface area contributed by atoms with Crippen LogP contribution >= 0.6 is 0 Å². The molecule has 1 N–H and O–H groups in total. The molecule has 1 saturated carbocycles. The van der Waals surface area contributed by atoms with Gasteiger partial charge in [0, 0.05) is 18.1 Å². The second-order valence-corrected chi connectivity index (χ2v) is 5.73. The summed E-state index contributed by atoms with van der Waals surface area (Å²) in [7, 11) is 4.44. The summed E-state index contributed by atoms with van der Waals surface area (Å²) in [5, 5.41) is 3.58. The molecule has 0 amide bonds. The van der Waals surface area contributed by atoms with Crippen LogP contribution < -0.4 is 5.32 Å². The maximum atomic E-state index is 3.83. The van der Waals surface area contributed by atoms with E-state index in [9.17, 15) is 0 Å². The first kappa shape index (κ1) is 13.7. The molecule has 0 aromatic heterocycles. The summed E-state index contributed by atoms with van der Waals surface area (Å²) >= 11 is 0. The van der Waals surface area contributed by atoms with Crippen LogP contribution in [0.3, 0.4) is 0 Å². The Balaban J connectivity index is 2.61. The van der Waals surface area contributed by atoms with E-state index in [0.717, 1.165) is 12.5 Å². The van der Waals surface area contributed by atoms with Gasteiger partial charge in [0.15, 0.2) is 0 Å². The first-order valence-electron chi connectivity index (χ1n) is 6.53. The molecule has 0 saturated heterocycles. The topological polar surface area (TPSA) is 15.3 Å². The SMILES string of the molecule is C=CC(C)NCC1(N(C)C)CCCC(C)C1. The molecule has 94 valence electrons. The number of hydrogen-bond acceptors (Lipinski definition) is 2. The summed E-state index contributed by atoms with van der Waals surface area (Å²) < 4.78 is 0. The van der Waals surface area contributed by atoms with Crippen LogP contribution in [0.5, 0.6) is 0 Å². The second-order valence-electron chi connectivity index (χ2n) is 5.73. The lowest BCUT2D eigenvalue weighted by atomic mass is 9.75. The Labute approximate surface area is 101 Å². The van der Waals surface area contributed by atoms with Gasteiger partial charge in [0.2, 0.25) is 0 Å². The lowest BCUT2D eigenvalue weighted by Gasteiger charge is -2.46. The minimum atomic E-state index is 0.356. The third kappa shape index (κ3) is 3.33. The number of nitrogens with zero attached hydrogens (tertiary/aromatic N) is 1. The van der Waals surface area contributed by atoms with Crippen LogP contribution in [0.25, 0.3) is 0 Å². The fraction of sp³-hybridized carbons (Fsp3) is 0.857. The van der Waals surface area contributed by atoms with E-state index in [-0.39, 0.29) is 0 Å². The van der Waals surface area contributed by atoms with Gasteiger partial charge < -0.3 is 10.2 Å². The van der Waals surface area contributed by atoms with Gasteiger partial charge in [-0.3, -0.25) is 0 Å². The van der Waals surface area contributed by atoms with Crippen molar-refractivity contribution in [2.45, 2.75) is 51.1 Å². The zero-order valence-electron chi connectivity index (χ0n) is 11.4. The van der Waals surface area contributed by atoms with E-state index in [1.165, 1.54) is 25.7 Å². The van der Waals surface area contributed by atoms with E-state index in [4.69, 9.17) is 0 Å². The number of rotatable bonds is 5. The molecule has 3 atom stereocenters. The molecule has 16 heavy (non-hydrogen) atoms. The highest BCUT2D eigenvalue weighted by atomic mass is 15.2. The average molecular weight is 224 g/mol. The Kier molecular flexibility index (Phi) is 5.00. The molecule has 0 bridgehead atoms.